The second-order valence-electron chi connectivity index (χ2n) is 11.6. The molecule has 2 amide bonds. The minimum Gasteiger partial charge on any atom is -0.392 e. The lowest BCUT2D eigenvalue weighted by molar-refractivity contribution is -0.253. The number of nitrogens with zero attached hydrogens (tertiary/aromatic N) is 1. The number of nitrogens with one attached hydrogen (secondary N) is 2. The van der Waals surface area contributed by atoms with E-state index in [1.54, 1.807) is 5.48 Å². The average molecular weight is 594 g/mol. The third-order valence-electron chi connectivity index (χ3n) is 8.43. The summed E-state index contributed by atoms with van der Waals surface area (Å²) < 4.78 is 13.1. The number of carbonyl (C=O) groups is 2. The molecule has 0 bridgehead atoms. The zero-order valence-electron chi connectivity index (χ0n) is 25.1. The van der Waals surface area contributed by atoms with Crippen LogP contribution in [0.15, 0.2) is 61.2 Å². The van der Waals surface area contributed by atoms with Crippen LogP contribution in [0.1, 0.15) is 98.9 Å². The van der Waals surface area contributed by atoms with Crippen molar-refractivity contribution in [1.82, 2.24) is 15.7 Å². The number of unbranched alkanes of at least 4 members (excludes halogenated alkanes) is 2. The van der Waals surface area contributed by atoms with E-state index in [2.05, 4.69) is 16.8 Å². The maximum absolute atomic E-state index is 12.3. The van der Waals surface area contributed by atoms with E-state index in [1.165, 1.54) is 25.7 Å². The van der Waals surface area contributed by atoms with E-state index in [9.17, 15) is 14.7 Å². The molecule has 0 unspecified atom stereocenters. The molecule has 0 spiro atoms. The summed E-state index contributed by atoms with van der Waals surface area (Å²) in [6.45, 7) is 6.10. The van der Waals surface area contributed by atoms with Gasteiger partial charge in [0.1, 0.15) is 0 Å². The molecule has 234 valence electrons. The van der Waals surface area contributed by atoms with Crippen LogP contribution in [0.25, 0.3) is 0 Å². The molecule has 2 aliphatic rings. The summed E-state index contributed by atoms with van der Waals surface area (Å²) in [5.74, 6) is -0.433. The Bertz CT molecular complexity index is 1150. The van der Waals surface area contributed by atoms with E-state index in [-0.39, 0.29) is 31.1 Å². The van der Waals surface area contributed by atoms with Crippen LogP contribution in [0, 0.1) is 0 Å². The summed E-state index contributed by atoms with van der Waals surface area (Å²) in [5, 5.41) is 21.0. The molecule has 2 aromatic carbocycles. The fourth-order valence-corrected chi connectivity index (χ4v) is 5.99. The Morgan fingerprint density at radius 3 is 2.21 bits per heavy atom. The Morgan fingerprint density at radius 2 is 1.56 bits per heavy atom. The van der Waals surface area contributed by atoms with Crippen molar-refractivity contribution in [3.05, 3.63) is 83.4 Å². The number of amides is 2. The van der Waals surface area contributed by atoms with Crippen LogP contribution in [0.4, 0.5) is 0 Å². The number of rotatable bonds is 16. The fraction of sp³-hybridized carbons (Fsp3) is 0.529. The van der Waals surface area contributed by atoms with Crippen LogP contribution in [0.2, 0.25) is 0 Å². The van der Waals surface area contributed by atoms with Gasteiger partial charge in [-0.1, -0.05) is 73.9 Å². The molecule has 0 aromatic heterocycles. The van der Waals surface area contributed by atoms with Crippen LogP contribution in [0.3, 0.4) is 0 Å². The zero-order valence-corrected chi connectivity index (χ0v) is 25.1. The van der Waals surface area contributed by atoms with Gasteiger partial charge in [0.15, 0.2) is 6.29 Å². The average Bonchev–Trinajstić information content (AvgIpc) is 3.59. The Labute approximate surface area is 255 Å². The quantitative estimate of drug-likeness (QED) is 0.0911. The lowest BCUT2D eigenvalue weighted by Gasteiger charge is -2.39. The van der Waals surface area contributed by atoms with E-state index >= 15 is 0 Å². The highest BCUT2D eigenvalue weighted by Crippen LogP contribution is 2.39. The topological polar surface area (TPSA) is 120 Å². The summed E-state index contributed by atoms with van der Waals surface area (Å²) in [6.07, 6.45) is 9.75. The summed E-state index contributed by atoms with van der Waals surface area (Å²) >= 11 is 0. The van der Waals surface area contributed by atoms with Crippen molar-refractivity contribution < 1.29 is 29.4 Å². The van der Waals surface area contributed by atoms with Crippen molar-refractivity contribution in [1.29, 1.82) is 0 Å². The van der Waals surface area contributed by atoms with Gasteiger partial charge in [-0.15, -0.1) is 6.58 Å². The zero-order chi connectivity index (χ0) is 30.4. The molecule has 4 rings (SSSR count). The molecule has 3 atom stereocenters. The molecule has 0 radical (unpaired) electrons. The lowest BCUT2D eigenvalue weighted by Crippen LogP contribution is -2.43. The van der Waals surface area contributed by atoms with E-state index in [0.29, 0.717) is 31.8 Å². The molecular formula is C34H47N3O6. The molecule has 1 aliphatic heterocycles. The largest absolute Gasteiger partial charge is 0.392 e. The van der Waals surface area contributed by atoms with Crippen molar-refractivity contribution in [2.24, 2.45) is 0 Å². The lowest BCUT2D eigenvalue weighted by atomic mass is 9.99. The predicted octanol–water partition coefficient (Wildman–Crippen LogP) is 5.23. The van der Waals surface area contributed by atoms with Crippen molar-refractivity contribution in [3.63, 3.8) is 0 Å². The molecule has 1 heterocycles. The summed E-state index contributed by atoms with van der Waals surface area (Å²) in [7, 11) is 0. The fourth-order valence-electron chi connectivity index (χ4n) is 5.99. The highest BCUT2D eigenvalue weighted by atomic mass is 16.7. The second kappa shape index (κ2) is 17.3. The van der Waals surface area contributed by atoms with Gasteiger partial charge in [0.05, 0.1) is 18.8 Å². The SMILES string of the molecule is C=CCN(C[C@H]1C[C@@H](c2ccc(CO)cc2)O[C@@H](c2ccc(CNC(=O)CCCCCC(=O)NO)cc2)O1)C1CCCC1. The number of carbonyl (C=O) groups excluding carboxylic acids is 2. The van der Waals surface area contributed by atoms with Crippen LogP contribution >= 0.6 is 0 Å². The Balaban J connectivity index is 1.36. The van der Waals surface area contributed by atoms with Crippen LogP contribution in [-0.2, 0) is 32.2 Å². The third kappa shape index (κ3) is 10.3. The van der Waals surface area contributed by atoms with E-state index in [1.807, 2.05) is 54.6 Å². The molecule has 1 aliphatic carbocycles. The molecule has 43 heavy (non-hydrogen) atoms. The maximum Gasteiger partial charge on any atom is 0.243 e. The predicted molar refractivity (Wildman–Crippen MR) is 164 cm³/mol. The smallest absolute Gasteiger partial charge is 0.243 e. The Morgan fingerprint density at radius 1 is 0.907 bits per heavy atom. The van der Waals surface area contributed by atoms with Crippen LogP contribution in [-0.4, -0.2) is 52.3 Å². The highest BCUT2D eigenvalue weighted by molar-refractivity contribution is 5.76. The first-order valence-electron chi connectivity index (χ1n) is 15.6. The first-order valence-corrected chi connectivity index (χ1v) is 15.6. The minimum atomic E-state index is -0.521. The molecule has 1 saturated heterocycles. The van der Waals surface area contributed by atoms with Crippen LogP contribution < -0.4 is 10.8 Å². The van der Waals surface area contributed by atoms with Crippen molar-refractivity contribution in [3.8, 4) is 0 Å². The first-order chi connectivity index (χ1) is 21.0. The molecule has 2 fully saturated rings. The summed E-state index contributed by atoms with van der Waals surface area (Å²) in [6, 6.07) is 16.5. The van der Waals surface area contributed by atoms with E-state index in [4.69, 9.17) is 14.7 Å². The van der Waals surface area contributed by atoms with Gasteiger partial charge in [-0.3, -0.25) is 19.7 Å². The van der Waals surface area contributed by atoms with Gasteiger partial charge in [0, 0.05) is 50.5 Å². The molecule has 9 heteroatoms. The van der Waals surface area contributed by atoms with Gasteiger partial charge in [-0.05, 0) is 42.4 Å². The van der Waals surface area contributed by atoms with E-state index < -0.39 is 12.2 Å². The monoisotopic (exact) mass is 593 g/mol. The van der Waals surface area contributed by atoms with Gasteiger partial charge < -0.3 is 19.9 Å². The standard InChI is InChI=1S/C34H47N3O6/c1-2-20-37(29-8-6-7-9-29)23-30-21-31(27-16-14-26(24-38)15-17-27)43-34(42-30)28-18-12-25(13-19-28)22-35-32(39)10-4-3-5-11-33(40)36-41/h2,12-19,29-31,34,38,41H,1,3-11,20-24H2,(H,35,39)(H,36,40)/t30-,31+,34+/m1/s1. The molecule has 4 N–H and O–H groups in total. The number of hydrogen-bond donors (Lipinski definition) is 4. The van der Waals surface area contributed by atoms with E-state index in [0.717, 1.165) is 48.2 Å². The Kier molecular flexibility index (Phi) is 13.2. The van der Waals surface area contributed by atoms with Gasteiger partial charge in [-0.25, -0.2) is 5.48 Å². The first kappa shape index (κ1) is 32.8. The summed E-state index contributed by atoms with van der Waals surface area (Å²) in [4.78, 5) is 25.8. The number of ether oxygens (including phenoxy) is 2. The number of aliphatic hydroxyl groups excluding tert-OH is 1. The number of benzene rings is 2. The van der Waals surface area contributed by atoms with Crippen molar-refractivity contribution in [2.45, 2.75) is 102 Å². The second-order valence-corrected chi connectivity index (χ2v) is 11.6. The van der Waals surface area contributed by atoms with Gasteiger partial charge in [-0.2, -0.15) is 0 Å². The van der Waals surface area contributed by atoms with Crippen molar-refractivity contribution in [2.75, 3.05) is 13.1 Å². The van der Waals surface area contributed by atoms with Gasteiger partial charge >= 0.3 is 0 Å². The minimum absolute atomic E-state index is 0.0103. The molecule has 2 aromatic rings. The van der Waals surface area contributed by atoms with Gasteiger partial charge in [0.25, 0.3) is 0 Å². The van der Waals surface area contributed by atoms with Gasteiger partial charge in [0.2, 0.25) is 11.8 Å². The molecule has 9 nitrogen and oxygen atoms in total. The normalized spacial score (nSPS) is 20.7. The Hall–Kier alpha value is -3.08. The number of aliphatic hydroxyl groups is 1. The highest BCUT2D eigenvalue weighted by Gasteiger charge is 2.34. The third-order valence-corrected chi connectivity index (χ3v) is 8.43. The van der Waals surface area contributed by atoms with Crippen LogP contribution in [0.5, 0.6) is 0 Å². The number of hydrogen-bond acceptors (Lipinski definition) is 7. The summed E-state index contributed by atoms with van der Waals surface area (Å²) in [5.41, 5.74) is 5.48. The molecule has 1 saturated carbocycles. The van der Waals surface area contributed by atoms with Crippen molar-refractivity contribution >= 4 is 11.8 Å². The maximum atomic E-state index is 12.3. The number of hydroxylamine groups is 1. The molecular weight excluding hydrogens is 546 g/mol.